The molecular formula is C10H16ClN3O2. The van der Waals surface area contributed by atoms with Crippen molar-refractivity contribution in [3.63, 3.8) is 0 Å². The Hall–Kier alpha value is -1.04. The van der Waals surface area contributed by atoms with Crippen molar-refractivity contribution < 1.29 is 10.2 Å². The Labute approximate surface area is 99.3 Å². The molecule has 1 aromatic rings. The van der Waals surface area contributed by atoms with E-state index >= 15 is 0 Å². The quantitative estimate of drug-likeness (QED) is 0.618. The fourth-order valence-corrected chi connectivity index (χ4v) is 1.42. The predicted molar refractivity (Wildman–Crippen MR) is 64.5 cm³/mol. The van der Waals surface area contributed by atoms with Gasteiger partial charge in [-0.25, -0.2) is 4.98 Å². The van der Waals surface area contributed by atoms with Gasteiger partial charge in [0.05, 0.1) is 29.5 Å². The lowest BCUT2D eigenvalue weighted by Crippen LogP contribution is -2.45. The predicted octanol–water partition coefficient (Wildman–Crippen LogP) is 0.862. The van der Waals surface area contributed by atoms with Gasteiger partial charge in [0.1, 0.15) is 5.82 Å². The molecule has 0 aliphatic heterocycles. The minimum Gasteiger partial charge on any atom is -0.396 e. The van der Waals surface area contributed by atoms with Gasteiger partial charge in [0.25, 0.3) is 0 Å². The van der Waals surface area contributed by atoms with Gasteiger partial charge in [0.2, 0.25) is 0 Å². The van der Waals surface area contributed by atoms with Crippen molar-refractivity contribution in [1.29, 1.82) is 0 Å². The SMILES string of the molecule is CCC(CO)(CO)Nc1ncc(Cl)cc1N. The summed E-state index contributed by atoms with van der Waals surface area (Å²) in [5.74, 6) is 0.411. The van der Waals surface area contributed by atoms with Crippen LogP contribution in [0.5, 0.6) is 0 Å². The van der Waals surface area contributed by atoms with Gasteiger partial charge in [0, 0.05) is 6.20 Å². The van der Waals surface area contributed by atoms with Crippen LogP contribution in [0.25, 0.3) is 0 Å². The van der Waals surface area contributed by atoms with Crippen molar-refractivity contribution in [3.8, 4) is 0 Å². The summed E-state index contributed by atoms with van der Waals surface area (Å²) in [6.45, 7) is 1.44. The number of hydrogen-bond acceptors (Lipinski definition) is 5. The Kier molecular flexibility index (Phi) is 4.35. The van der Waals surface area contributed by atoms with Gasteiger partial charge in [-0.3, -0.25) is 0 Å². The highest BCUT2D eigenvalue weighted by molar-refractivity contribution is 6.30. The molecule has 6 heteroatoms. The Morgan fingerprint density at radius 1 is 1.50 bits per heavy atom. The maximum absolute atomic E-state index is 9.27. The van der Waals surface area contributed by atoms with Crippen LogP contribution in [0.3, 0.4) is 0 Å². The van der Waals surface area contributed by atoms with E-state index in [0.29, 0.717) is 22.9 Å². The van der Waals surface area contributed by atoms with Gasteiger partial charge in [-0.15, -0.1) is 0 Å². The van der Waals surface area contributed by atoms with Crippen LogP contribution in [0.4, 0.5) is 11.5 Å². The maximum atomic E-state index is 9.27. The number of halogens is 1. The Bertz CT molecular complexity index is 348. The summed E-state index contributed by atoms with van der Waals surface area (Å²) in [4.78, 5) is 4.02. The first-order valence-corrected chi connectivity index (χ1v) is 5.35. The lowest BCUT2D eigenvalue weighted by atomic mass is 9.98. The highest BCUT2D eigenvalue weighted by Crippen LogP contribution is 2.24. The number of rotatable bonds is 5. The van der Waals surface area contributed by atoms with Gasteiger partial charge in [0.15, 0.2) is 0 Å². The molecule has 90 valence electrons. The van der Waals surface area contributed by atoms with Crippen LogP contribution in [0.1, 0.15) is 13.3 Å². The van der Waals surface area contributed by atoms with Crippen LogP contribution < -0.4 is 11.1 Å². The van der Waals surface area contributed by atoms with E-state index in [4.69, 9.17) is 17.3 Å². The zero-order valence-electron chi connectivity index (χ0n) is 9.07. The molecule has 0 atom stereocenters. The van der Waals surface area contributed by atoms with Crippen LogP contribution in [0, 0.1) is 0 Å². The number of hydrogen-bond donors (Lipinski definition) is 4. The summed E-state index contributed by atoms with van der Waals surface area (Å²) >= 11 is 5.72. The molecule has 0 fully saturated rings. The van der Waals surface area contributed by atoms with Crippen molar-refractivity contribution in [2.24, 2.45) is 0 Å². The van der Waals surface area contributed by atoms with Crippen LogP contribution in [-0.2, 0) is 0 Å². The zero-order valence-corrected chi connectivity index (χ0v) is 9.83. The second-order valence-electron chi connectivity index (χ2n) is 3.67. The minimum atomic E-state index is -0.811. The average molecular weight is 246 g/mol. The largest absolute Gasteiger partial charge is 0.396 e. The molecule has 0 bridgehead atoms. The minimum absolute atomic E-state index is 0.205. The van der Waals surface area contributed by atoms with Crippen molar-refractivity contribution >= 4 is 23.1 Å². The number of aromatic nitrogens is 1. The monoisotopic (exact) mass is 245 g/mol. The van der Waals surface area contributed by atoms with Gasteiger partial charge < -0.3 is 21.3 Å². The number of nitrogens with two attached hydrogens (primary N) is 1. The van der Waals surface area contributed by atoms with E-state index in [0.717, 1.165) is 0 Å². The van der Waals surface area contributed by atoms with Gasteiger partial charge in [-0.05, 0) is 12.5 Å². The Balaban J connectivity index is 2.93. The van der Waals surface area contributed by atoms with E-state index in [1.54, 1.807) is 6.07 Å². The molecule has 1 heterocycles. The molecule has 0 aliphatic carbocycles. The summed E-state index contributed by atoms with van der Waals surface area (Å²) < 4.78 is 0. The highest BCUT2D eigenvalue weighted by atomic mass is 35.5. The number of anilines is 2. The molecule has 0 spiro atoms. The summed E-state index contributed by atoms with van der Waals surface area (Å²) in [6, 6.07) is 1.56. The fraction of sp³-hybridized carbons (Fsp3) is 0.500. The molecule has 0 amide bonds. The molecular weight excluding hydrogens is 230 g/mol. The summed E-state index contributed by atoms with van der Waals surface area (Å²) in [5.41, 5.74) is 5.29. The molecule has 5 nitrogen and oxygen atoms in total. The highest BCUT2D eigenvalue weighted by Gasteiger charge is 2.27. The van der Waals surface area contributed by atoms with E-state index < -0.39 is 5.54 Å². The van der Waals surface area contributed by atoms with Crippen molar-refractivity contribution in [1.82, 2.24) is 4.98 Å². The van der Waals surface area contributed by atoms with E-state index in [9.17, 15) is 10.2 Å². The molecule has 16 heavy (non-hydrogen) atoms. The number of aliphatic hydroxyl groups is 2. The topological polar surface area (TPSA) is 91.4 Å². The van der Waals surface area contributed by atoms with Crippen molar-refractivity contribution in [2.75, 3.05) is 24.3 Å². The third-order valence-corrected chi connectivity index (χ3v) is 2.76. The molecule has 0 unspecified atom stereocenters. The van der Waals surface area contributed by atoms with Gasteiger partial charge >= 0.3 is 0 Å². The second-order valence-corrected chi connectivity index (χ2v) is 4.10. The molecule has 0 aromatic carbocycles. The Morgan fingerprint density at radius 2 is 2.12 bits per heavy atom. The number of aliphatic hydroxyl groups excluding tert-OH is 2. The normalized spacial score (nSPS) is 11.5. The summed E-state index contributed by atoms with van der Waals surface area (Å²) in [7, 11) is 0. The summed E-state index contributed by atoms with van der Waals surface area (Å²) in [6.07, 6.45) is 2.00. The summed E-state index contributed by atoms with van der Waals surface area (Å²) in [5, 5.41) is 21.9. The number of pyridine rings is 1. The van der Waals surface area contributed by atoms with Gasteiger partial charge in [-0.2, -0.15) is 0 Å². The third-order valence-electron chi connectivity index (χ3n) is 2.55. The van der Waals surface area contributed by atoms with Crippen LogP contribution in [0.15, 0.2) is 12.3 Å². The molecule has 5 N–H and O–H groups in total. The Morgan fingerprint density at radius 3 is 2.56 bits per heavy atom. The zero-order chi connectivity index (χ0) is 12.2. The molecule has 1 aromatic heterocycles. The molecule has 1 rings (SSSR count). The molecule has 0 saturated carbocycles. The number of nitrogen functional groups attached to an aromatic ring is 1. The number of nitrogens with zero attached hydrogens (tertiary/aromatic N) is 1. The van der Waals surface area contributed by atoms with E-state index in [1.807, 2.05) is 6.92 Å². The average Bonchev–Trinajstić information content (AvgIpc) is 2.29. The van der Waals surface area contributed by atoms with Crippen molar-refractivity contribution in [3.05, 3.63) is 17.3 Å². The smallest absolute Gasteiger partial charge is 0.149 e. The first-order chi connectivity index (χ1) is 7.56. The third kappa shape index (κ3) is 2.75. The molecule has 0 saturated heterocycles. The molecule has 0 radical (unpaired) electrons. The van der Waals surface area contributed by atoms with Crippen LogP contribution >= 0.6 is 11.6 Å². The fourth-order valence-electron chi connectivity index (χ4n) is 1.25. The van der Waals surface area contributed by atoms with Crippen LogP contribution in [-0.4, -0.2) is 33.9 Å². The maximum Gasteiger partial charge on any atom is 0.149 e. The lowest BCUT2D eigenvalue weighted by molar-refractivity contribution is 0.132. The first-order valence-electron chi connectivity index (χ1n) is 4.98. The van der Waals surface area contributed by atoms with E-state index in [-0.39, 0.29) is 13.2 Å². The first kappa shape index (κ1) is 13.0. The van der Waals surface area contributed by atoms with E-state index in [1.165, 1.54) is 6.20 Å². The van der Waals surface area contributed by atoms with Crippen LogP contribution in [0.2, 0.25) is 5.02 Å². The molecule has 0 aliphatic rings. The van der Waals surface area contributed by atoms with Gasteiger partial charge in [-0.1, -0.05) is 18.5 Å². The van der Waals surface area contributed by atoms with Crippen molar-refractivity contribution in [2.45, 2.75) is 18.9 Å². The number of nitrogens with one attached hydrogen (secondary N) is 1. The standard InChI is InChI=1S/C10H16ClN3O2/c1-2-10(5-15,6-16)14-9-8(12)3-7(11)4-13-9/h3-4,15-16H,2,5-6,12H2,1H3,(H,13,14). The van der Waals surface area contributed by atoms with E-state index in [2.05, 4.69) is 10.3 Å². The second kappa shape index (κ2) is 5.34. The lowest BCUT2D eigenvalue weighted by Gasteiger charge is -2.30.